The molecule has 4 aromatic rings. The van der Waals surface area contributed by atoms with Crippen molar-refractivity contribution < 1.29 is 9.52 Å². The van der Waals surface area contributed by atoms with Gasteiger partial charge in [0.2, 0.25) is 0 Å². The Labute approximate surface area is 180 Å². The lowest BCUT2D eigenvalue weighted by atomic mass is 9.81. The van der Waals surface area contributed by atoms with E-state index in [9.17, 15) is 5.11 Å². The summed E-state index contributed by atoms with van der Waals surface area (Å²) in [5.74, 6) is 0.128. The number of hydrogen-bond acceptors (Lipinski definition) is 6. The molecule has 31 heavy (non-hydrogen) atoms. The molecule has 1 aromatic carbocycles. The van der Waals surface area contributed by atoms with Crippen molar-refractivity contribution in [1.29, 1.82) is 0 Å². The van der Waals surface area contributed by atoms with Gasteiger partial charge in [-0.15, -0.1) is 10.2 Å². The minimum absolute atomic E-state index is 0.0347. The van der Waals surface area contributed by atoms with Gasteiger partial charge in [-0.05, 0) is 57.4 Å². The normalized spacial score (nSPS) is 17.6. The van der Waals surface area contributed by atoms with E-state index in [0.717, 1.165) is 28.6 Å². The Morgan fingerprint density at radius 2 is 1.87 bits per heavy atom. The van der Waals surface area contributed by atoms with E-state index in [2.05, 4.69) is 59.5 Å². The fraction of sp³-hybridized carbons (Fsp3) is 0.292. The molecule has 3 N–H and O–H groups in total. The molecule has 0 atom stereocenters. The van der Waals surface area contributed by atoms with E-state index >= 15 is 0 Å². The maximum Gasteiger partial charge on any atom is 0.157 e. The summed E-state index contributed by atoms with van der Waals surface area (Å²) in [5, 5.41) is 29.8. The predicted molar refractivity (Wildman–Crippen MR) is 120 cm³/mol. The van der Waals surface area contributed by atoms with Crippen LogP contribution in [-0.2, 0) is 0 Å². The molecule has 0 spiro atoms. The zero-order chi connectivity index (χ0) is 21.8. The predicted octanol–water partition coefficient (Wildman–Crippen LogP) is 4.92. The number of benzene rings is 1. The summed E-state index contributed by atoms with van der Waals surface area (Å²) in [7, 11) is 0. The first-order valence-electron chi connectivity index (χ1n) is 10.3. The molecule has 5 rings (SSSR count). The van der Waals surface area contributed by atoms with Crippen molar-refractivity contribution in [2.45, 2.75) is 45.2 Å². The Bertz CT molecular complexity index is 1300. The molecular weight excluding hydrogens is 390 g/mol. The summed E-state index contributed by atoms with van der Waals surface area (Å²) in [6.45, 7) is 8.72. The SMILES string of the molecule is CC1(C)C=C(c2coc3cc(-c4ccc(-c5cn[nH]c5)cc4O)nnc23)CC(C)(C)N1. The highest BCUT2D eigenvalue weighted by molar-refractivity contribution is 5.90. The lowest BCUT2D eigenvalue weighted by Crippen LogP contribution is -2.53. The van der Waals surface area contributed by atoms with Gasteiger partial charge in [0.15, 0.2) is 5.58 Å². The van der Waals surface area contributed by atoms with E-state index in [0.29, 0.717) is 16.8 Å². The fourth-order valence-corrected chi connectivity index (χ4v) is 4.61. The second-order valence-corrected chi connectivity index (χ2v) is 9.39. The molecule has 3 aromatic heterocycles. The van der Waals surface area contributed by atoms with Crippen LogP contribution in [0, 0.1) is 0 Å². The minimum atomic E-state index is -0.128. The van der Waals surface area contributed by atoms with Gasteiger partial charge in [0.05, 0.1) is 6.20 Å². The largest absolute Gasteiger partial charge is 0.507 e. The molecular formula is C24H25N5O2. The molecule has 0 fully saturated rings. The highest BCUT2D eigenvalue weighted by atomic mass is 16.3. The molecule has 7 nitrogen and oxygen atoms in total. The molecule has 7 heteroatoms. The average Bonchev–Trinajstić information content (AvgIpc) is 3.35. The van der Waals surface area contributed by atoms with E-state index in [1.165, 1.54) is 5.57 Å². The third kappa shape index (κ3) is 3.61. The van der Waals surface area contributed by atoms with Crippen LogP contribution in [0.2, 0.25) is 0 Å². The lowest BCUT2D eigenvalue weighted by Gasteiger charge is -2.41. The van der Waals surface area contributed by atoms with E-state index < -0.39 is 0 Å². The molecule has 0 bridgehead atoms. The van der Waals surface area contributed by atoms with Crippen LogP contribution >= 0.6 is 0 Å². The molecule has 4 heterocycles. The summed E-state index contributed by atoms with van der Waals surface area (Å²) < 4.78 is 5.87. The highest BCUT2D eigenvalue weighted by Crippen LogP contribution is 2.38. The molecule has 1 aliphatic rings. The Balaban J connectivity index is 1.53. The Hall–Kier alpha value is -3.45. The van der Waals surface area contributed by atoms with Crippen molar-refractivity contribution in [1.82, 2.24) is 25.7 Å². The van der Waals surface area contributed by atoms with Crippen LogP contribution in [0.15, 0.2) is 53.4 Å². The second kappa shape index (κ2) is 6.78. The average molecular weight is 415 g/mol. The summed E-state index contributed by atoms with van der Waals surface area (Å²) in [5.41, 5.74) is 6.31. The number of hydrogen-bond donors (Lipinski definition) is 3. The highest BCUT2D eigenvalue weighted by Gasteiger charge is 2.33. The van der Waals surface area contributed by atoms with Crippen LogP contribution in [0.1, 0.15) is 39.7 Å². The molecule has 0 amide bonds. The second-order valence-electron chi connectivity index (χ2n) is 9.39. The molecule has 0 saturated carbocycles. The Morgan fingerprint density at radius 1 is 1.03 bits per heavy atom. The van der Waals surface area contributed by atoms with E-state index in [1.54, 1.807) is 24.7 Å². The van der Waals surface area contributed by atoms with Gasteiger partial charge in [0, 0.05) is 40.0 Å². The zero-order valence-electron chi connectivity index (χ0n) is 18.0. The number of aromatic amines is 1. The van der Waals surface area contributed by atoms with Crippen molar-refractivity contribution >= 4 is 16.7 Å². The van der Waals surface area contributed by atoms with Crippen molar-refractivity contribution in [3.8, 4) is 28.1 Å². The number of H-pyrrole nitrogens is 1. The summed E-state index contributed by atoms with van der Waals surface area (Å²) in [4.78, 5) is 0. The smallest absolute Gasteiger partial charge is 0.157 e. The van der Waals surface area contributed by atoms with Crippen molar-refractivity contribution in [3.63, 3.8) is 0 Å². The first kappa shape index (κ1) is 19.5. The first-order valence-corrected chi connectivity index (χ1v) is 10.3. The van der Waals surface area contributed by atoms with Gasteiger partial charge >= 0.3 is 0 Å². The maximum absolute atomic E-state index is 10.6. The van der Waals surface area contributed by atoms with Crippen LogP contribution < -0.4 is 5.32 Å². The van der Waals surface area contributed by atoms with Crippen molar-refractivity contribution in [2.24, 2.45) is 0 Å². The van der Waals surface area contributed by atoms with Crippen LogP contribution in [-0.4, -0.2) is 36.6 Å². The summed E-state index contributed by atoms with van der Waals surface area (Å²) in [6, 6.07) is 7.28. The number of aromatic nitrogens is 4. The zero-order valence-corrected chi connectivity index (χ0v) is 18.0. The molecule has 0 unspecified atom stereocenters. The summed E-state index contributed by atoms with van der Waals surface area (Å²) >= 11 is 0. The molecule has 0 radical (unpaired) electrons. The fourth-order valence-electron chi connectivity index (χ4n) is 4.61. The lowest BCUT2D eigenvalue weighted by molar-refractivity contribution is 0.297. The third-order valence-electron chi connectivity index (χ3n) is 5.60. The molecule has 0 saturated heterocycles. The van der Waals surface area contributed by atoms with Gasteiger partial charge in [0.1, 0.15) is 23.2 Å². The number of phenols is 1. The van der Waals surface area contributed by atoms with Gasteiger partial charge in [-0.25, -0.2) is 0 Å². The maximum atomic E-state index is 10.6. The Kier molecular flexibility index (Phi) is 4.27. The van der Waals surface area contributed by atoms with Gasteiger partial charge < -0.3 is 14.8 Å². The minimum Gasteiger partial charge on any atom is -0.507 e. The third-order valence-corrected chi connectivity index (χ3v) is 5.60. The van der Waals surface area contributed by atoms with Gasteiger partial charge in [-0.1, -0.05) is 12.1 Å². The number of nitrogens with one attached hydrogen (secondary N) is 2. The number of aromatic hydroxyl groups is 1. The van der Waals surface area contributed by atoms with Gasteiger partial charge in [0.25, 0.3) is 0 Å². The van der Waals surface area contributed by atoms with Crippen molar-refractivity contribution in [2.75, 3.05) is 0 Å². The molecule has 0 aliphatic carbocycles. The Morgan fingerprint density at radius 3 is 2.58 bits per heavy atom. The standard InChI is InChI=1S/C24H25N5O2/c1-23(2)9-15(10-24(3,4)29-23)18-13-31-21-8-19(27-28-22(18)21)17-6-5-14(7-20(17)30)16-11-25-26-12-16/h5-9,11-13,29-30H,10H2,1-4H3,(H,25,26). The topological polar surface area (TPSA) is 99.9 Å². The number of fused-ring (bicyclic) bond motifs is 1. The van der Waals surface area contributed by atoms with E-state index in [4.69, 9.17) is 4.42 Å². The van der Waals surface area contributed by atoms with Crippen LogP contribution in [0.4, 0.5) is 0 Å². The number of phenolic OH excluding ortho intramolecular Hbond substituents is 1. The van der Waals surface area contributed by atoms with Gasteiger partial charge in [-0.2, -0.15) is 5.10 Å². The number of furan rings is 1. The quantitative estimate of drug-likeness (QED) is 0.439. The van der Waals surface area contributed by atoms with Gasteiger partial charge in [-0.3, -0.25) is 5.10 Å². The molecule has 1 aliphatic heterocycles. The number of nitrogens with zero attached hydrogens (tertiary/aromatic N) is 3. The monoisotopic (exact) mass is 415 g/mol. The number of rotatable bonds is 3. The van der Waals surface area contributed by atoms with E-state index in [1.807, 2.05) is 18.2 Å². The van der Waals surface area contributed by atoms with Crippen LogP contribution in [0.3, 0.4) is 0 Å². The van der Waals surface area contributed by atoms with Crippen LogP contribution in [0.5, 0.6) is 5.75 Å². The van der Waals surface area contributed by atoms with Crippen molar-refractivity contribution in [3.05, 3.63) is 54.6 Å². The summed E-state index contributed by atoms with van der Waals surface area (Å²) in [6.07, 6.45) is 8.35. The first-order chi connectivity index (χ1) is 14.7. The van der Waals surface area contributed by atoms with E-state index in [-0.39, 0.29) is 16.8 Å². The van der Waals surface area contributed by atoms with Crippen LogP contribution in [0.25, 0.3) is 39.1 Å². The molecule has 158 valence electrons.